The molecule has 1 fully saturated rings. The summed E-state index contributed by atoms with van der Waals surface area (Å²) in [5.74, 6) is 2.93. The molecule has 29 heavy (non-hydrogen) atoms. The first-order valence-corrected chi connectivity index (χ1v) is 12.6. The van der Waals surface area contributed by atoms with Crippen LogP contribution in [0.5, 0.6) is 0 Å². The summed E-state index contributed by atoms with van der Waals surface area (Å²) in [6.45, 7) is 2.26. The highest BCUT2D eigenvalue weighted by Crippen LogP contribution is 2.36. The Bertz CT molecular complexity index is 531. The van der Waals surface area contributed by atoms with Crippen LogP contribution in [0.4, 0.5) is 0 Å². The maximum absolute atomic E-state index is 12.4. The minimum absolute atomic E-state index is 0.392. The summed E-state index contributed by atoms with van der Waals surface area (Å²) in [5.41, 5.74) is 0. The number of Topliss-reactive ketones (excluding diaryl/α,β-unsaturated/α-hetero) is 2. The third-order valence-electron chi connectivity index (χ3n) is 7.00. The molecule has 3 atom stereocenters. The molecular formula is C27H44O2. The van der Waals surface area contributed by atoms with Crippen molar-refractivity contribution < 1.29 is 9.59 Å². The van der Waals surface area contributed by atoms with Crippen LogP contribution in [0.25, 0.3) is 0 Å². The molecule has 0 aliphatic heterocycles. The first-order valence-electron chi connectivity index (χ1n) is 12.6. The van der Waals surface area contributed by atoms with Crippen molar-refractivity contribution >= 4 is 11.6 Å². The molecule has 0 amide bonds. The quantitative estimate of drug-likeness (QED) is 0.263. The minimum atomic E-state index is 0.392. The number of ketones is 2. The van der Waals surface area contributed by atoms with Gasteiger partial charge in [0, 0.05) is 25.7 Å². The van der Waals surface area contributed by atoms with E-state index in [1.165, 1.54) is 51.4 Å². The zero-order chi connectivity index (χ0) is 20.7. The van der Waals surface area contributed by atoms with Crippen molar-refractivity contribution in [2.45, 2.75) is 116 Å². The van der Waals surface area contributed by atoms with E-state index in [1.54, 1.807) is 0 Å². The zero-order valence-electron chi connectivity index (χ0n) is 18.9. The number of rotatable bonds is 15. The molecule has 0 aromatic rings. The monoisotopic (exact) mass is 400 g/mol. The van der Waals surface area contributed by atoms with Crippen molar-refractivity contribution in [3.63, 3.8) is 0 Å². The molecular weight excluding hydrogens is 356 g/mol. The van der Waals surface area contributed by atoms with E-state index in [-0.39, 0.29) is 0 Å². The molecule has 1 saturated carbocycles. The molecule has 0 radical (unpaired) electrons. The van der Waals surface area contributed by atoms with E-state index in [0.29, 0.717) is 36.2 Å². The van der Waals surface area contributed by atoms with Crippen LogP contribution in [0.2, 0.25) is 0 Å². The van der Waals surface area contributed by atoms with Gasteiger partial charge < -0.3 is 0 Å². The fraction of sp³-hybridized carbons (Fsp3) is 0.778. The Morgan fingerprint density at radius 3 is 2.17 bits per heavy atom. The molecule has 0 N–H and O–H groups in total. The molecule has 2 heteroatoms. The molecule has 0 bridgehead atoms. The maximum atomic E-state index is 12.4. The largest absolute Gasteiger partial charge is 0.300 e. The number of carbonyl (C=O) groups excluding carboxylic acids is 2. The first kappa shape index (κ1) is 24.1. The predicted octanol–water partition coefficient (Wildman–Crippen LogP) is 7.76. The van der Waals surface area contributed by atoms with Crippen LogP contribution in [0, 0.1) is 17.8 Å². The van der Waals surface area contributed by atoms with Crippen LogP contribution in [0.3, 0.4) is 0 Å². The highest BCUT2D eigenvalue weighted by molar-refractivity contribution is 5.79. The zero-order valence-corrected chi connectivity index (χ0v) is 18.9. The lowest BCUT2D eigenvalue weighted by Crippen LogP contribution is -2.22. The molecule has 3 unspecified atom stereocenters. The lowest BCUT2D eigenvalue weighted by molar-refractivity contribution is -0.122. The van der Waals surface area contributed by atoms with Gasteiger partial charge in [-0.15, -0.1) is 0 Å². The Morgan fingerprint density at radius 1 is 0.793 bits per heavy atom. The van der Waals surface area contributed by atoms with Crippen LogP contribution in [-0.2, 0) is 9.59 Å². The molecule has 2 nitrogen and oxygen atoms in total. The van der Waals surface area contributed by atoms with E-state index in [4.69, 9.17) is 0 Å². The Morgan fingerprint density at radius 2 is 1.48 bits per heavy atom. The average Bonchev–Trinajstić information content (AvgIpc) is 2.74. The highest BCUT2D eigenvalue weighted by atomic mass is 16.1. The van der Waals surface area contributed by atoms with Crippen molar-refractivity contribution in [3.05, 3.63) is 24.3 Å². The molecule has 0 spiro atoms. The SMILES string of the molecule is CCCCC1CCCCC1CC(=O)CCCCC(=O)CCCCC1C=CC=CC1. The summed E-state index contributed by atoms with van der Waals surface area (Å²) in [7, 11) is 0. The standard InChI is InChI=1S/C27H44O2/c1-2-3-16-24-17-8-9-18-25(24)22-27(29)21-12-11-20-26(28)19-10-7-15-23-13-5-4-6-14-23/h4-6,13,23-25H,2-3,7-12,14-22H2,1H3. The lowest BCUT2D eigenvalue weighted by Gasteiger charge is -2.31. The van der Waals surface area contributed by atoms with Gasteiger partial charge >= 0.3 is 0 Å². The van der Waals surface area contributed by atoms with E-state index >= 15 is 0 Å². The van der Waals surface area contributed by atoms with Gasteiger partial charge in [0.1, 0.15) is 11.6 Å². The number of allylic oxidation sites excluding steroid dienone is 4. The fourth-order valence-electron chi connectivity index (χ4n) is 5.14. The molecule has 2 aliphatic carbocycles. The van der Waals surface area contributed by atoms with Gasteiger partial charge in [-0.1, -0.05) is 76.2 Å². The first-order chi connectivity index (χ1) is 14.2. The van der Waals surface area contributed by atoms with E-state index in [0.717, 1.165) is 50.9 Å². The minimum Gasteiger partial charge on any atom is -0.300 e. The van der Waals surface area contributed by atoms with Crippen LogP contribution >= 0.6 is 0 Å². The number of carbonyl (C=O) groups is 2. The number of unbranched alkanes of at least 4 members (excludes halogenated alkanes) is 3. The van der Waals surface area contributed by atoms with E-state index < -0.39 is 0 Å². The Labute approximate surface area is 179 Å². The molecule has 0 aromatic heterocycles. The van der Waals surface area contributed by atoms with Gasteiger partial charge in [0.15, 0.2) is 0 Å². The van der Waals surface area contributed by atoms with Crippen LogP contribution in [0.1, 0.15) is 116 Å². The van der Waals surface area contributed by atoms with Crippen molar-refractivity contribution in [3.8, 4) is 0 Å². The van der Waals surface area contributed by atoms with Crippen molar-refractivity contribution in [1.82, 2.24) is 0 Å². The van der Waals surface area contributed by atoms with Gasteiger partial charge in [0.25, 0.3) is 0 Å². The maximum Gasteiger partial charge on any atom is 0.133 e. The van der Waals surface area contributed by atoms with Gasteiger partial charge in [0.2, 0.25) is 0 Å². The van der Waals surface area contributed by atoms with Crippen LogP contribution in [-0.4, -0.2) is 11.6 Å². The Kier molecular flexibility index (Phi) is 12.3. The van der Waals surface area contributed by atoms with E-state index in [2.05, 4.69) is 31.2 Å². The Balaban J connectivity index is 1.49. The average molecular weight is 401 g/mol. The third-order valence-corrected chi connectivity index (χ3v) is 7.00. The molecule has 0 heterocycles. The summed E-state index contributed by atoms with van der Waals surface area (Å²) in [6, 6.07) is 0. The van der Waals surface area contributed by atoms with Gasteiger partial charge in [-0.2, -0.15) is 0 Å². The predicted molar refractivity (Wildman–Crippen MR) is 123 cm³/mol. The lowest BCUT2D eigenvalue weighted by atomic mass is 9.74. The fourth-order valence-corrected chi connectivity index (χ4v) is 5.14. The smallest absolute Gasteiger partial charge is 0.133 e. The third kappa shape index (κ3) is 10.4. The topological polar surface area (TPSA) is 34.1 Å². The highest BCUT2D eigenvalue weighted by Gasteiger charge is 2.26. The van der Waals surface area contributed by atoms with Crippen LogP contribution < -0.4 is 0 Å². The second-order valence-electron chi connectivity index (χ2n) is 9.49. The number of hydrogen-bond donors (Lipinski definition) is 0. The molecule has 0 saturated heterocycles. The van der Waals surface area contributed by atoms with Crippen molar-refractivity contribution in [2.24, 2.45) is 17.8 Å². The second kappa shape index (κ2) is 14.7. The Hall–Kier alpha value is -1.18. The summed E-state index contributed by atoms with van der Waals surface area (Å²) in [4.78, 5) is 24.5. The van der Waals surface area contributed by atoms with Crippen LogP contribution in [0.15, 0.2) is 24.3 Å². The summed E-state index contributed by atoms with van der Waals surface area (Å²) in [6.07, 6.45) is 27.1. The molecule has 2 aliphatic rings. The van der Waals surface area contributed by atoms with Crippen molar-refractivity contribution in [1.29, 1.82) is 0 Å². The van der Waals surface area contributed by atoms with E-state index in [1.807, 2.05) is 0 Å². The normalized spacial score (nSPS) is 24.0. The number of hydrogen-bond acceptors (Lipinski definition) is 2. The summed E-state index contributed by atoms with van der Waals surface area (Å²) >= 11 is 0. The van der Waals surface area contributed by atoms with Gasteiger partial charge in [-0.3, -0.25) is 9.59 Å². The molecule has 0 aromatic carbocycles. The van der Waals surface area contributed by atoms with Gasteiger partial charge in [-0.25, -0.2) is 0 Å². The summed E-state index contributed by atoms with van der Waals surface area (Å²) < 4.78 is 0. The summed E-state index contributed by atoms with van der Waals surface area (Å²) in [5, 5.41) is 0. The second-order valence-corrected chi connectivity index (χ2v) is 9.49. The van der Waals surface area contributed by atoms with Gasteiger partial charge in [-0.05, 0) is 56.3 Å². The van der Waals surface area contributed by atoms with E-state index in [9.17, 15) is 9.59 Å². The van der Waals surface area contributed by atoms with Crippen molar-refractivity contribution in [2.75, 3.05) is 0 Å². The molecule has 164 valence electrons. The molecule has 2 rings (SSSR count). The van der Waals surface area contributed by atoms with Gasteiger partial charge in [0.05, 0.1) is 0 Å².